The van der Waals surface area contributed by atoms with Crippen molar-refractivity contribution < 1.29 is 9.22 Å². The van der Waals surface area contributed by atoms with Crippen molar-refractivity contribution in [2.24, 2.45) is 0 Å². The molecule has 2 heteroatoms. The molecule has 0 aromatic rings. The summed E-state index contributed by atoms with van der Waals surface area (Å²) < 4.78 is 6.27. The molecule has 2 nitrogen and oxygen atoms in total. The zero-order chi connectivity index (χ0) is 8.20. The minimum Gasteiger partial charge on any atom is -0.333 e. The Morgan fingerprint density at radius 1 is 1.30 bits per heavy atom. The molecule has 0 aromatic heterocycles. The third-order valence-corrected chi connectivity index (χ3v) is 2.66. The van der Waals surface area contributed by atoms with E-state index in [9.17, 15) is 0 Å². The van der Waals surface area contributed by atoms with Gasteiger partial charge in [-0.05, 0) is 13.8 Å². The standard InChI is InChI=1S/C8H20NO/c1-6-9(4,7-2)8(3)10-5/h8H,6-7H2,1-5H3/q+1. The lowest BCUT2D eigenvalue weighted by Crippen LogP contribution is -2.51. The molecule has 0 fully saturated rings. The van der Waals surface area contributed by atoms with Gasteiger partial charge < -0.3 is 9.22 Å². The quantitative estimate of drug-likeness (QED) is 0.431. The van der Waals surface area contributed by atoms with Gasteiger partial charge in [0.1, 0.15) is 0 Å². The molecule has 0 aromatic carbocycles. The number of methoxy groups -OCH3 is 1. The molecule has 0 rings (SSSR count). The highest BCUT2D eigenvalue weighted by Gasteiger charge is 2.23. The van der Waals surface area contributed by atoms with Gasteiger partial charge in [-0.25, -0.2) is 0 Å². The van der Waals surface area contributed by atoms with Crippen LogP contribution in [0.1, 0.15) is 20.8 Å². The van der Waals surface area contributed by atoms with Gasteiger partial charge in [0.05, 0.1) is 20.1 Å². The predicted octanol–water partition coefficient (Wildman–Crippen LogP) is 1.47. The van der Waals surface area contributed by atoms with Gasteiger partial charge in [-0.3, -0.25) is 0 Å². The molecular formula is C8H20NO+. The summed E-state index contributed by atoms with van der Waals surface area (Å²) in [5.41, 5.74) is 0. The van der Waals surface area contributed by atoms with Crippen molar-refractivity contribution in [1.82, 2.24) is 0 Å². The van der Waals surface area contributed by atoms with Gasteiger partial charge >= 0.3 is 0 Å². The van der Waals surface area contributed by atoms with Gasteiger partial charge in [-0.15, -0.1) is 0 Å². The fourth-order valence-corrected chi connectivity index (χ4v) is 0.992. The molecule has 0 radical (unpaired) electrons. The van der Waals surface area contributed by atoms with Crippen LogP contribution in [0.15, 0.2) is 0 Å². The molecule has 0 spiro atoms. The smallest absolute Gasteiger partial charge is 0.189 e. The molecule has 1 atom stereocenters. The molecule has 62 valence electrons. The molecule has 0 aliphatic heterocycles. The van der Waals surface area contributed by atoms with E-state index in [2.05, 4.69) is 27.8 Å². The predicted molar refractivity (Wildman–Crippen MR) is 43.7 cm³/mol. The minimum atomic E-state index is 0.315. The summed E-state index contributed by atoms with van der Waals surface area (Å²) in [5.74, 6) is 0. The number of rotatable bonds is 4. The molecule has 1 unspecified atom stereocenters. The maximum Gasteiger partial charge on any atom is 0.189 e. The zero-order valence-electron chi connectivity index (χ0n) is 7.85. The van der Waals surface area contributed by atoms with Crippen LogP contribution >= 0.6 is 0 Å². The molecule has 0 N–H and O–H groups in total. The Kier molecular flexibility index (Phi) is 3.91. The number of quaternary nitrogens is 1. The number of ether oxygens (including phenoxy) is 1. The van der Waals surface area contributed by atoms with E-state index in [1.54, 1.807) is 7.11 Å². The summed E-state index contributed by atoms with van der Waals surface area (Å²) in [7, 11) is 3.99. The Bertz CT molecular complexity index is 89.3. The van der Waals surface area contributed by atoms with E-state index in [1.807, 2.05) is 0 Å². The monoisotopic (exact) mass is 146 g/mol. The van der Waals surface area contributed by atoms with Gasteiger partial charge in [-0.1, -0.05) is 0 Å². The van der Waals surface area contributed by atoms with Gasteiger partial charge in [0.2, 0.25) is 0 Å². The average Bonchev–Trinajstić information content (AvgIpc) is 2.01. The van der Waals surface area contributed by atoms with E-state index in [0.29, 0.717) is 6.23 Å². The second-order valence-corrected chi connectivity index (χ2v) is 2.95. The van der Waals surface area contributed by atoms with Crippen LogP contribution in [0.3, 0.4) is 0 Å². The maximum absolute atomic E-state index is 5.27. The summed E-state index contributed by atoms with van der Waals surface area (Å²) in [6.07, 6.45) is 0.315. The van der Waals surface area contributed by atoms with Crippen LogP contribution in [-0.4, -0.2) is 38.0 Å². The van der Waals surface area contributed by atoms with Crippen molar-refractivity contribution >= 4 is 0 Å². The van der Waals surface area contributed by atoms with Crippen molar-refractivity contribution in [3.63, 3.8) is 0 Å². The summed E-state index contributed by atoms with van der Waals surface area (Å²) in [4.78, 5) is 0. The van der Waals surface area contributed by atoms with E-state index in [4.69, 9.17) is 4.74 Å². The fraction of sp³-hybridized carbons (Fsp3) is 1.00. The van der Waals surface area contributed by atoms with E-state index >= 15 is 0 Å². The average molecular weight is 146 g/mol. The van der Waals surface area contributed by atoms with Crippen LogP contribution in [-0.2, 0) is 4.74 Å². The lowest BCUT2D eigenvalue weighted by atomic mass is 10.4. The second kappa shape index (κ2) is 3.94. The summed E-state index contributed by atoms with van der Waals surface area (Å²) in [6, 6.07) is 0. The molecule has 0 aliphatic carbocycles. The lowest BCUT2D eigenvalue weighted by Gasteiger charge is -2.36. The van der Waals surface area contributed by atoms with Crippen LogP contribution < -0.4 is 0 Å². The van der Waals surface area contributed by atoms with E-state index in [-0.39, 0.29) is 0 Å². The topological polar surface area (TPSA) is 9.23 Å². The van der Waals surface area contributed by atoms with Crippen LogP contribution in [0.2, 0.25) is 0 Å². The summed E-state index contributed by atoms with van der Waals surface area (Å²) >= 11 is 0. The Labute approximate surface area is 64.4 Å². The number of hydrogen-bond donors (Lipinski definition) is 0. The van der Waals surface area contributed by atoms with Crippen molar-refractivity contribution in [2.45, 2.75) is 27.0 Å². The molecular weight excluding hydrogens is 126 g/mol. The van der Waals surface area contributed by atoms with Gasteiger partial charge in [0.15, 0.2) is 6.23 Å². The van der Waals surface area contributed by atoms with E-state index in [0.717, 1.165) is 17.6 Å². The number of hydrogen-bond acceptors (Lipinski definition) is 1. The van der Waals surface area contributed by atoms with Crippen LogP contribution in [0.25, 0.3) is 0 Å². The zero-order valence-corrected chi connectivity index (χ0v) is 7.85. The highest BCUT2D eigenvalue weighted by Crippen LogP contribution is 2.08. The second-order valence-electron chi connectivity index (χ2n) is 2.95. The van der Waals surface area contributed by atoms with E-state index in [1.165, 1.54) is 0 Å². The van der Waals surface area contributed by atoms with Crippen molar-refractivity contribution in [1.29, 1.82) is 0 Å². The molecule has 0 bridgehead atoms. The van der Waals surface area contributed by atoms with Crippen LogP contribution in [0.5, 0.6) is 0 Å². The van der Waals surface area contributed by atoms with Crippen molar-refractivity contribution in [2.75, 3.05) is 27.2 Å². The van der Waals surface area contributed by atoms with Crippen LogP contribution in [0, 0.1) is 0 Å². The van der Waals surface area contributed by atoms with Gasteiger partial charge in [-0.2, -0.15) is 0 Å². The first-order valence-corrected chi connectivity index (χ1v) is 3.97. The first kappa shape index (κ1) is 9.92. The maximum atomic E-state index is 5.27. The fourth-order valence-electron chi connectivity index (χ4n) is 0.992. The first-order chi connectivity index (χ1) is 4.60. The Hall–Kier alpha value is -0.0800. The van der Waals surface area contributed by atoms with Crippen LogP contribution in [0.4, 0.5) is 0 Å². The summed E-state index contributed by atoms with van der Waals surface area (Å²) in [5, 5.41) is 0. The third-order valence-electron chi connectivity index (χ3n) is 2.66. The minimum absolute atomic E-state index is 0.315. The highest BCUT2D eigenvalue weighted by atomic mass is 16.5. The lowest BCUT2D eigenvalue weighted by molar-refractivity contribution is -0.949. The van der Waals surface area contributed by atoms with E-state index < -0.39 is 0 Å². The SMILES string of the molecule is CC[N+](C)(CC)C(C)OC. The highest BCUT2D eigenvalue weighted by molar-refractivity contribution is 4.34. The number of nitrogens with zero attached hydrogens (tertiary/aromatic N) is 1. The molecule has 0 saturated heterocycles. The Balaban J connectivity index is 4.02. The molecule has 0 saturated carbocycles. The third kappa shape index (κ3) is 1.96. The molecule has 0 heterocycles. The van der Waals surface area contributed by atoms with Gasteiger partial charge in [0, 0.05) is 14.0 Å². The normalized spacial score (nSPS) is 15.3. The summed E-state index contributed by atoms with van der Waals surface area (Å²) in [6.45, 7) is 8.77. The van der Waals surface area contributed by atoms with Crippen molar-refractivity contribution in [3.05, 3.63) is 0 Å². The Morgan fingerprint density at radius 2 is 1.70 bits per heavy atom. The largest absolute Gasteiger partial charge is 0.333 e. The molecule has 0 aliphatic rings. The molecule has 10 heavy (non-hydrogen) atoms. The van der Waals surface area contributed by atoms with Crippen molar-refractivity contribution in [3.8, 4) is 0 Å². The Morgan fingerprint density at radius 3 is 1.80 bits per heavy atom. The first-order valence-electron chi connectivity index (χ1n) is 3.97. The van der Waals surface area contributed by atoms with Gasteiger partial charge in [0.25, 0.3) is 0 Å². The molecule has 0 amide bonds.